The van der Waals surface area contributed by atoms with E-state index in [0.717, 1.165) is 13.1 Å². The molecule has 0 saturated carbocycles. The van der Waals surface area contributed by atoms with E-state index in [1.165, 1.54) is 11.3 Å². The van der Waals surface area contributed by atoms with Crippen LogP contribution in [0.2, 0.25) is 0 Å². The van der Waals surface area contributed by atoms with E-state index in [1.807, 2.05) is 19.2 Å². The molecule has 0 aliphatic rings. The van der Waals surface area contributed by atoms with Crippen molar-refractivity contribution >= 4 is 17.2 Å². The highest BCUT2D eigenvalue weighted by molar-refractivity contribution is 7.06. The van der Waals surface area contributed by atoms with Crippen molar-refractivity contribution in [3.05, 3.63) is 16.4 Å². The van der Waals surface area contributed by atoms with E-state index < -0.39 is 0 Å². The number of aromatic nitrogens is 1. The zero-order valence-electron chi connectivity index (χ0n) is 8.49. The molecule has 78 valence electrons. The maximum atomic E-state index is 11.7. The van der Waals surface area contributed by atoms with E-state index in [2.05, 4.69) is 0 Å². The lowest BCUT2D eigenvalue weighted by atomic mass is 10.4. The van der Waals surface area contributed by atoms with Gasteiger partial charge in [0.15, 0.2) is 4.80 Å². The van der Waals surface area contributed by atoms with E-state index in [1.54, 1.807) is 15.7 Å². The van der Waals surface area contributed by atoms with Gasteiger partial charge < -0.3 is 9.47 Å². The highest BCUT2D eigenvalue weighted by atomic mass is 32.1. The summed E-state index contributed by atoms with van der Waals surface area (Å²) in [4.78, 5) is 13.8. The molecule has 0 aliphatic carbocycles. The minimum atomic E-state index is 0.0758. The highest BCUT2D eigenvalue weighted by Crippen LogP contribution is 1.94. The van der Waals surface area contributed by atoms with Crippen molar-refractivity contribution < 1.29 is 4.79 Å². The fourth-order valence-corrected chi connectivity index (χ4v) is 1.85. The molecule has 0 aromatic carbocycles. The molecule has 1 N–H and O–H groups in total. The van der Waals surface area contributed by atoms with Crippen LogP contribution in [0.3, 0.4) is 0 Å². The number of hydrogen-bond donors (Lipinski definition) is 1. The fraction of sp³-hybridized carbons (Fsp3) is 0.556. The predicted octanol–water partition coefficient (Wildman–Crippen LogP) is 0.897. The zero-order valence-corrected chi connectivity index (χ0v) is 9.30. The first-order valence-corrected chi connectivity index (χ1v) is 5.53. The summed E-state index contributed by atoms with van der Waals surface area (Å²) in [6.07, 6.45) is 1.77. The Bertz CT molecular complexity index is 351. The minimum Gasteiger partial charge on any atom is -0.342 e. The van der Waals surface area contributed by atoms with E-state index in [4.69, 9.17) is 5.41 Å². The van der Waals surface area contributed by atoms with Crippen molar-refractivity contribution in [1.82, 2.24) is 9.47 Å². The second-order valence-electron chi connectivity index (χ2n) is 2.90. The Kier molecular flexibility index (Phi) is 3.88. The number of thiazole rings is 1. The molecule has 1 heterocycles. The predicted molar refractivity (Wildman–Crippen MR) is 56.1 cm³/mol. The third kappa shape index (κ3) is 2.45. The van der Waals surface area contributed by atoms with Crippen LogP contribution in [0.1, 0.15) is 13.8 Å². The van der Waals surface area contributed by atoms with Crippen LogP contribution in [0.25, 0.3) is 0 Å². The van der Waals surface area contributed by atoms with Crippen LogP contribution in [0.4, 0.5) is 0 Å². The summed E-state index contributed by atoms with van der Waals surface area (Å²) in [5, 5.41) is 9.33. The fourth-order valence-electron chi connectivity index (χ4n) is 1.25. The van der Waals surface area contributed by atoms with Gasteiger partial charge in [-0.05, 0) is 13.8 Å². The van der Waals surface area contributed by atoms with Crippen molar-refractivity contribution in [2.45, 2.75) is 20.4 Å². The summed E-state index contributed by atoms with van der Waals surface area (Å²) in [5.41, 5.74) is 0. The second-order valence-corrected chi connectivity index (χ2v) is 3.80. The molecule has 0 radical (unpaired) electrons. The van der Waals surface area contributed by atoms with Gasteiger partial charge in [0.1, 0.15) is 6.54 Å². The van der Waals surface area contributed by atoms with Crippen LogP contribution in [-0.2, 0) is 11.3 Å². The molecule has 14 heavy (non-hydrogen) atoms. The number of nitrogens with one attached hydrogen (secondary N) is 1. The molecular weight excluding hydrogens is 198 g/mol. The molecule has 1 amide bonds. The Morgan fingerprint density at radius 2 is 2.21 bits per heavy atom. The van der Waals surface area contributed by atoms with Gasteiger partial charge in [-0.15, -0.1) is 11.3 Å². The molecule has 0 aliphatic heterocycles. The first-order valence-electron chi connectivity index (χ1n) is 4.65. The first kappa shape index (κ1) is 11.0. The second kappa shape index (κ2) is 4.95. The summed E-state index contributed by atoms with van der Waals surface area (Å²) in [5.74, 6) is 0.0758. The molecule has 0 bridgehead atoms. The van der Waals surface area contributed by atoms with Gasteiger partial charge in [-0.3, -0.25) is 10.2 Å². The van der Waals surface area contributed by atoms with Crippen LogP contribution in [0.15, 0.2) is 11.6 Å². The van der Waals surface area contributed by atoms with Crippen molar-refractivity contribution in [3.8, 4) is 0 Å². The van der Waals surface area contributed by atoms with Crippen LogP contribution < -0.4 is 4.80 Å². The molecule has 0 saturated heterocycles. The van der Waals surface area contributed by atoms with Gasteiger partial charge in [0.25, 0.3) is 0 Å². The SMILES string of the molecule is CCN(CC)C(=O)Cn1ccsc1=N. The van der Waals surface area contributed by atoms with Gasteiger partial charge >= 0.3 is 0 Å². The average Bonchev–Trinajstić information content (AvgIpc) is 2.54. The Labute approximate surface area is 87.3 Å². The molecule has 0 atom stereocenters. The summed E-state index contributed by atoms with van der Waals surface area (Å²) >= 11 is 1.33. The smallest absolute Gasteiger partial charge is 0.242 e. The van der Waals surface area contributed by atoms with Gasteiger partial charge in [0.2, 0.25) is 5.91 Å². The number of rotatable bonds is 4. The number of carbonyl (C=O) groups excluding carboxylic acids is 1. The molecule has 0 fully saturated rings. The zero-order chi connectivity index (χ0) is 10.6. The lowest BCUT2D eigenvalue weighted by molar-refractivity contribution is -0.131. The number of hydrogen-bond acceptors (Lipinski definition) is 3. The number of likely N-dealkylation sites (N-methyl/N-ethyl adjacent to an activating group) is 1. The van der Waals surface area contributed by atoms with Gasteiger partial charge in [0, 0.05) is 24.7 Å². The van der Waals surface area contributed by atoms with Crippen molar-refractivity contribution in [2.75, 3.05) is 13.1 Å². The van der Waals surface area contributed by atoms with Crippen molar-refractivity contribution in [2.24, 2.45) is 0 Å². The van der Waals surface area contributed by atoms with E-state index in [0.29, 0.717) is 4.80 Å². The third-order valence-corrected chi connectivity index (χ3v) is 2.82. The quantitative estimate of drug-likeness (QED) is 0.793. The topological polar surface area (TPSA) is 49.1 Å². The molecule has 4 nitrogen and oxygen atoms in total. The van der Waals surface area contributed by atoms with Crippen molar-refractivity contribution in [3.63, 3.8) is 0 Å². The number of carbonyl (C=O) groups is 1. The Morgan fingerprint density at radius 3 is 2.64 bits per heavy atom. The van der Waals surface area contributed by atoms with E-state index in [-0.39, 0.29) is 12.5 Å². The summed E-state index contributed by atoms with van der Waals surface area (Å²) in [6.45, 7) is 5.66. The monoisotopic (exact) mass is 213 g/mol. The van der Waals surface area contributed by atoms with E-state index in [9.17, 15) is 4.79 Å². The molecular formula is C9H15N3OS. The average molecular weight is 213 g/mol. The maximum Gasteiger partial charge on any atom is 0.242 e. The van der Waals surface area contributed by atoms with Gasteiger partial charge in [-0.25, -0.2) is 0 Å². The highest BCUT2D eigenvalue weighted by Gasteiger charge is 2.09. The molecule has 5 heteroatoms. The Morgan fingerprint density at radius 1 is 1.57 bits per heavy atom. The standard InChI is InChI=1S/C9H15N3OS/c1-3-11(4-2)8(13)7-12-5-6-14-9(12)10/h5-6,10H,3-4,7H2,1-2H3. The lowest BCUT2D eigenvalue weighted by Crippen LogP contribution is -2.35. The summed E-state index contributed by atoms with van der Waals surface area (Å²) in [7, 11) is 0. The maximum absolute atomic E-state index is 11.7. The third-order valence-electron chi connectivity index (χ3n) is 2.10. The van der Waals surface area contributed by atoms with Gasteiger partial charge in [-0.1, -0.05) is 0 Å². The van der Waals surface area contributed by atoms with Crippen molar-refractivity contribution in [1.29, 1.82) is 5.41 Å². The van der Waals surface area contributed by atoms with E-state index >= 15 is 0 Å². The summed E-state index contributed by atoms with van der Waals surface area (Å²) in [6, 6.07) is 0. The van der Waals surface area contributed by atoms with Crippen LogP contribution in [0, 0.1) is 5.41 Å². The normalized spacial score (nSPS) is 10.1. The molecule has 1 rings (SSSR count). The Balaban J connectivity index is 2.65. The number of nitrogens with zero attached hydrogens (tertiary/aromatic N) is 2. The van der Waals surface area contributed by atoms with Gasteiger partial charge in [-0.2, -0.15) is 0 Å². The first-order chi connectivity index (χ1) is 6.69. The van der Waals surface area contributed by atoms with Gasteiger partial charge in [0.05, 0.1) is 0 Å². The number of amides is 1. The lowest BCUT2D eigenvalue weighted by Gasteiger charge is -2.18. The molecule has 0 unspecified atom stereocenters. The van der Waals surface area contributed by atoms with Crippen LogP contribution >= 0.6 is 11.3 Å². The largest absolute Gasteiger partial charge is 0.342 e. The molecule has 1 aromatic rings. The molecule has 1 aromatic heterocycles. The van der Waals surface area contributed by atoms with Crippen LogP contribution in [-0.4, -0.2) is 28.5 Å². The minimum absolute atomic E-state index is 0.0758. The summed E-state index contributed by atoms with van der Waals surface area (Å²) < 4.78 is 1.66. The Hall–Kier alpha value is -1.10. The van der Waals surface area contributed by atoms with Crippen LogP contribution in [0.5, 0.6) is 0 Å². The molecule has 0 spiro atoms.